The third-order valence-corrected chi connectivity index (χ3v) is 3.81. The van der Waals surface area contributed by atoms with Crippen LogP contribution in [0.2, 0.25) is 6.32 Å². The first kappa shape index (κ1) is 15.8. The van der Waals surface area contributed by atoms with Gasteiger partial charge >= 0.3 is 7.12 Å². The first-order valence-corrected chi connectivity index (χ1v) is 7.64. The van der Waals surface area contributed by atoms with Crippen molar-refractivity contribution in [1.29, 1.82) is 0 Å². The molecular weight excluding hydrogens is 295 g/mol. The van der Waals surface area contributed by atoms with Gasteiger partial charge in [-0.1, -0.05) is 0 Å². The molecule has 1 aliphatic rings. The van der Waals surface area contributed by atoms with Crippen molar-refractivity contribution in [2.75, 3.05) is 20.3 Å². The second-order valence-electron chi connectivity index (χ2n) is 5.35. The highest BCUT2D eigenvalue weighted by Crippen LogP contribution is 2.33. The Morgan fingerprint density at radius 1 is 1.35 bits per heavy atom. The SMILES string of the molecule is CCOc1cc(-c2cncc([C@@H]3COB(O)C3)n2)ccc1OC. The topological polar surface area (TPSA) is 73.7 Å². The summed E-state index contributed by atoms with van der Waals surface area (Å²) in [5.74, 6) is 1.44. The maximum absolute atomic E-state index is 9.50. The molecule has 0 spiro atoms. The molecule has 3 rings (SSSR count). The number of hydrogen-bond acceptors (Lipinski definition) is 6. The molecule has 2 aromatic rings. The molecule has 7 heteroatoms. The van der Waals surface area contributed by atoms with E-state index in [0.29, 0.717) is 31.0 Å². The zero-order chi connectivity index (χ0) is 16.2. The fourth-order valence-corrected chi connectivity index (χ4v) is 2.63. The molecule has 0 saturated carbocycles. The minimum Gasteiger partial charge on any atom is -0.493 e. The van der Waals surface area contributed by atoms with Gasteiger partial charge in [0.05, 0.1) is 31.3 Å². The fourth-order valence-electron chi connectivity index (χ4n) is 2.63. The van der Waals surface area contributed by atoms with E-state index >= 15 is 0 Å². The molecule has 120 valence electrons. The normalized spacial score (nSPS) is 17.3. The predicted molar refractivity (Wildman–Crippen MR) is 86.7 cm³/mol. The maximum Gasteiger partial charge on any atom is 0.454 e. The van der Waals surface area contributed by atoms with Crippen molar-refractivity contribution < 1.29 is 19.2 Å². The van der Waals surface area contributed by atoms with Crippen molar-refractivity contribution in [2.24, 2.45) is 0 Å². The van der Waals surface area contributed by atoms with Crippen LogP contribution in [0.1, 0.15) is 18.5 Å². The summed E-state index contributed by atoms with van der Waals surface area (Å²) in [5, 5.41) is 9.50. The van der Waals surface area contributed by atoms with Crippen LogP contribution in [0.25, 0.3) is 11.3 Å². The highest BCUT2D eigenvalue weighted by atomic mass is 16.5. The zero-order valence-corrected chi connectivity index (χ0v) is 13.2. The van der Waals surface area contributed by atoms with Crippen molar-refractivity contribution in [1.82, 2.24) is 9.97 Å². The molecule has 0 amide bonds. The van der Waals surface area contributed by atoms with E-state index in [0.717, 1.165) is 17.0 Å². The summed E-state index contributed by atoms with van der Waals surface area (Å²) < 4.78 is 16.1. The molecule has 1 aliphatic heterocycles. The van der Waals surface area contributed by atoms with E-state index in [4.69, 9.17) is 14.1 Å². The molecule has 0 radical (unpaired) electrons. The Kier molecular flexibility index (Phi) is 4.78. The van der Waals surface area contributed by atoms with Crippen molar-refractivity contribution in [2.45, 2.75) is 19.2 Å². The van der Waals surface area contributed by atoms with Crippen LogP contribution in [0.5, 0.6) is 11.5 Å². The third kappa shape index (κ3) is 3.46. The monoisotopic (exact) mass is 314 g/mol. The van der Waals surface area contributed by atoms with Crippen LogP contribution in [0.3, 0.4) is 0 Å². The van der Waals surface area contributed by atoms with Crippen LogP contribution in [0.15, 0.2) is 30.6 Å². The van der Waals surface area contributed by atoms with E-state index in [-0.39, 0.29) is 5.92 Å². The Hall–Kier alpha value is -2.12. The lowest BCUT2D eigenvalue weighted by Gasteiger charge is -2.12. The molecule has 23 heavy (non-hydrogen) atoms. The van der Waals surface area contributed by atoms with Gasteiger partial charge in [-0.3, -0.25) is 4.98 Å². The van der Waals surface area contributed by atoms with Gasteiger partial charge in [0, 0.05) is 24.3 Å². The van der Waals surface area contributed by atoms with Crippen molar-refractivity contribution in [3.05, 3.63) is 36.3 Å². The average Bonchev–Trinajstić information content (AvgIpc) is 3.02. The molecule has 1 saturated heterocycles. The molecule has 1 fully saturated rings. The first-order chi connectivity index (χ1) is 11.2. The highest BCUT2D eigenvalue weighted by molar-refractivity contribution is 6.43. The second-order valence-corrected chi connectivity index (χ2v) is 5.35. The Balaban J connectivity index is 1.91. The molecule has 0 aliphatic carbocycles. The lowest BCUT2D eigenvalue weighted by atomic mass is 9.81. The van der Waals surface area contributed by atoms with Gasteiger partial charge in [0.1, 0.15) is 0 Å². The number of rotatable bonds is 5. The summed E-state index contributed by atoms with van der Waals surface area (Å²) in [6.45, 7) is 2.95. The van der Waals surface area contributed by atoms with Crippen LogP contribution in [-0.2, 0) is 4.65 Å². The summed E-state index contributed by atoms with van der Waals surface area (Å²) in [6.07, 6.45) is 3.99. The Bertz CT molecular complexity index is 683. The van der Waals surface area contributed by atoms with Gasteiger partial charge in [-0.05, 0) is 31.4 Å². The molecule has 6 nitrogen and oxygen atoms in total. The van der Waals surface area contributed by atoms with E-state index in [9.17, 15) is 5.02 Å². The van der Waals surface area contributed by atoms with Gasteiger partial charge in [0.25, 0.3) is 0 Å². The van der Waals surface area contributed by atoms with E-state index in [1.807, 2.05) is 25.1 Å². The van der Waals surface area contributed by atoms with Gasteiger partial charge in [-0.15, -0.1) is 0 Å². The smallest absolute Gasteiger partial charge is 0.454 e. The molecule has 2 heterocycles. The molecule has 0 unspecified atom stereocenters. The van der Waals surface area contributed by atoms with Gasteiger partial charge in [-0.2, -0.15) is 0 Å². The fraction of sp³-hybridized carbons (Fsp3) is 0.375. The van der Waals surface area contributed by atoms with E-state index in [1.54, 1.807) is 19.5 Å². The number of ether oxygens (including phenoxy) is 2. The standard InChI is InChI=1S/C16H19BN2O4/c1-3-22-16-6-11(4-5-15(16)21-2)13-8-18-9-14(19-13)12-7-17(20)23-10-12/h4-6,8-9,12,20H,3,7,10H2,1-2H3/t12-/m0/s1. The average molecular weight is 314 g/mol. The molecular formula is C16H19BN2O4. The molecule has 0 bridgehead atoms. The van der Waals surface area contributed by atoms with E-state index in [2.05, 4.69) is 9.97 Å². The predicted octanol–water partition coefficient (Wildman–Crippen LogP) is 2.15. The summed E-state index contributed by atoms with van der Waals surface area (Å²) in [5.41, 5.74) is 2.49. The minimum absolute atomic E-state index is 0.0714. The van der Waals surface area contributed by atoms with Crippen molar-refractivity contribution >= 4 is 7.12 Å². The first-order valence-electron chi connectivity index (χ1n) is 7.64. The number of aromatic nitrogens is 2. The molecule has 1 aromatic heterocycles. The molecule has 1 aromatic carbocycles. The summed E-state index contributed by atoms with van der Waals surface area (Å²) in [4.78, 5) is 8.94. The van der Waals surface area contributed by atoms with E-state index in [1.165, 1.54) is 0 Å². The number of benzene rings is 1. The quantitative estimate of drug-likeness (QED) is 0.853. The maximum atomic E-state index is 9.50. The molecule has 1 atom stereocenters. The van der Waals surface area contributed by atoms with Crippen LogP contribution in [0, 0.1) is 0 Å². The Labute approximate surface area is 135 Å². The lowest BCUT2D eigenvalue weighted by molar-refractivity contribution is 0.291. The third-order valence-electron chi connectivity index (χ3n) is 3.81. The molecule has 1 N–H and O–H groups in total. The Morgan fingerprint density at radius 2 is 2.22 bits per heavy atom. The zero-order valence-electron chi connectivity index (χ0n) is 13.2. The van der Waals surface area contributed by atoms with Gasteiger partial charge < -0.3 is 19.2 Å². The second kappa shape index (κ2) is 6.98. The van der Waals surface area contributed by atoms with Crippen molar-refractivity contribution in [3.8, 4) is 22.8 Å². The largest absolute Gasteiger partial charge is 0.493 e. The Morgan fingerprint density at radius 3 is 2.91 bits per heavy atom. The number of methoxy groups -OCH3 is 1. The van der Waals surface area contributed by atoms with Crippen LogP contribution in [-0.4, -0.2) is 42.4 Å². The number of nitrogens with zero attached hydrogens (tertiary/aromatic N) is 2. The van der Waals surface area contributed by atoms with E-state index < -0.39 is 7.12 Å². The van der Waals surface area contributed by atoms with Crippen LogP contribution in [0.4, 0.5) is 0 Å². The number of hydrogen-bond donors (Lipinski definition) is 1. The van der Waals surface area contributed by atoms with Gasteiger partial charge in [0.2, 0.25) is 0 Å². The summed E-state index contributed by atoms with van der Waals surface area (Å²) in [7, 11) is 0.902. The van der Waals surface area contributed by atoms with Gasteiger partial charge in [-0.25, -0.2) is 4.98 Å². The highest BCUT2D eigenvalue weighted by Gasteiger charge is 2.30. The summed E-state index contributed by atoms with van der Waals surface area (Å²) >= 11 is 0. The van der Waals surface area contributed by atoms with Crippen molar-refractivity contribution in [3.63, 3.8) is 0 Å². The summed E-state index contributed by atoms with van der Waals surface area (Å²) in [6, 6.07) is 5.68. The van der Waals surface area contributed by atoms with Gasteiger partial charge in [0.15, 0.2) is 11.5 Å². The van der Waals surface area contributed by atoms with Crippen LogP contribution < -0.4 is 9.47 Å². The minimum atomic E-state index is -0.712. The van der Waals surface area contributed by atoms with Crippen LogP contribution >= 0.6 is 0 Å². The lowest BCUT2D eigenvalue weighted by Crippen LogP contribution is -2.08.